The smallest absolute Gasteiger partial charge is 0.236 e. The summed E-state index contributed by atoms with van der Waals surface area (Å²) in [6.45, 7) is 4.12. The maximum atomic E-state index is 12.7. The van der Waals surface area contributed by atoms with Crippen LogP contribution in [-0.4, -0.2) is 67.6 Å². The average Bonchev–Trinajstić information content (AvgIpc) is 2.69. The molecule has 0 spiro atoms. The lowest BCUT2D eigenvalue weighted by Crippen LogP contribution is -2.51. The number of likely N-dealkylation sites (N-methyl/N-ethyl adjacent to an activating group) is 1. The number of pyridine rings is 1. The summed E-state index contributed by atoms with van der Waals surface area (Å²) in [5, 5.41) is 0. The first-order chi connectivity index (χ1) is 13.1. The Morgan fingerprint density at radius 1 is 1.22 bits per heavy atom. The number of carbonyl (C=O) groups excluding carboxylic acids is 1. The molecule has 0 unspecified atom stereocenters. The number of halogens is 1. The van der Waals surface area contributed by atoms with Gasteiger partial charge in [0.2, 0.25) is 5.91 Å². The second kappa shape index (κ2) is 9.19. The van der Waals surface area contributed by atoms with Crippen LogP contribution in [0.15, 0.2) is 47.1 Å². The SMILES string of the molecule is COc1ccc(Br)cc1CN(C)CC(=O)N1CCN(c2ccccn2)CC1. The third kappa shape index (κ3) is 5.20. The molecule has 0 N–H and O–H groups in total. The number of hydrogen-bond donors (Lipinski definition) is 0. The molecule has 0 bridgehead atoms. The van der Waals surface area contributed by atoms with Gasteiger partial charge in [-0.2, -0.15) is 0 Å². The van der Waals surface area contributed by atoms with Gasteiger partial charge in [0, 0.05) is 49.0 Å². The molecular weight excluding hydrogens is 408 g/mol. The van der Waals surface area contributed by atoms with Crippen molar-refractivity contribution < 1.29 is 9.53 Å². The molecular formula is C20H25BrN4O2. The average molecular weight is 433 g/mol. The van der Waals surface area contributed by atoms with Crippen LogP contribution in [-0.2, 0) is 11.3 Å². The van der Waals surface area contributed by atoms with Gasteiger partial charge in [0.05, 0.1) is 13.7 Å². The van der Waals surface area contributed by atoms with Crippen molar-refractivity contribution in [1.29, 1.82) is 0 Å². The summed E-state index contributed by atoms with van der Waals surface area (Å²) in [7, 11) is 3.63. The molecule has 1 saturated heterocycles. The van der Waals surface area contributed by atoms with Crippen LogP contribution in [0.2, 0.25) is 0 Å². The third-order valence-electron chi connectivity index (χ3n) is 4.69. The molecule has 6 nitrogen and oxygen atoms in total. The van der Waals surface area contributed by atoms with Gasteiger partial charge in [-0.05, 0) is 37.4 Å². The summed E-state index contributed by atoms with van der Waals surface area (Å²) in [5.74, 6) is 1.97. The van der Waals surface area contributed by atoms with Crippen LogP contribution in [0.4, 0.5) is 5.82 Å². The van der Waals surface area contributed by atoms with Crippen molar-refractivity contribution in [2.24, 2.45) is 0 Å². The minimum atomic E-state index is 0.159. The molecule has 0 saturated carbocycles. The Hall–Kier alpha value is -2.12. The Morgan fingerprint density at radius 3 is 2.67 bits per heavy atom. The van der Waals surface area contributed by atoms with E-state index >= 15 is 0 Å². The van der Waals surface area contributed by atoms with Gasteiger partial charge >= 0.3 is 0 Å². The monoisotopic (exact) mass is 432 g/mol. The molecule has 0 radical (unpaired) electrons. The summed E-state index contributed by atoms with van der Waals surface area (Å²) >= 11 is 3.49. The minimum Gasteiger partial charge on any atom is -0.496 e. The van der Waals surface area contributed by atoms with Crippen molar-refractivity contribution in [3.8, 4) is 5.75 Å². The molecule has 0 aliphatic carbocycles. The predicted octanol–water partition coefficient (Wildman–Crippen LogP) is 2.63. The van der Waals surface area contributed by atoms with Crippen molar-refractivity contribution >= 4 is 27.7 Å². The van der Waals surface area contributed by atoms with Gasteiger partial charge in [-0.25, -0.2) is 4.98 Å². The normalized spacial score (nSPS) is 14.5. The molecule has 1 aliphatic heterocycles. The molecule has 27 heavy (non-hydrogen) atoms. The molecule has 0 atom stereocenters. The van der Waals surface area contributed by atoms with Crippen molar-refractivity contribution in [2.45, 2.75) is 6.54 Å². The fraction of sp³-hybridized carbons (Fsp3) is 0.400. The number of amides is 1. The molecule has 1 aromatic heterocycles. The number of anilines is 1. The van der Waals surface area contributed by atoms with Crippen molar-refractivity contribution in [3.63, 3.8) is 0 Å². The lowest BCUT2D eigenvalue weighted by molar-refractivity contribution is -0.132. The zero-order chi connectivity index (χ0) is 19.2. The Kier molecular flexibility index (Phi) is 6.68. The number of benzene rings is 1. The molecule has 1 aliphatic rings. The Morgan fingerprint density at radius 2 is 2.00 bits per heavy atom. The third-order valence-corrected chi connectivity index (χ3v) is 5.19. The topological polar surface area (TPSA) is 48.9 Å². The second-order valence-electron chi connectivity index (χ2n) is 6.68. The van der Waals surface area contributed by atoms with Gasteiger partial charge in [-0.15, -0.1) is 0 Å². The second-order valence-corrected chi connectivity index (χ2v) is 7.60. The number of aromatic nitrogens is 1. The van der Waals surface area contributed by atoms with Crippen LogP contribution >= 0.6 is 15.9 Å². The first kappa shape index (κ1) is 19.6. The van der Waals surface area contributed by atoms with E-state index < -0.39 is 0 Å². The highest BCUT2D eigenvalue weighted by molar-refractivity contribution is 9.10. The molecule has 1 fully saturated rings. The van der Waals surface area contributed by atoms with Gasteiger partial charge in [0.25, 0.3) is 0 Å². The fourth-order valence-corrected chi connectivity index (χ4v) is 3.68. The largest absolute Gasteiger partial charge is 0.496 e. The highest BCUT2D eigenvalue weighted by Gasteiger charge is 2.22. The van der Waals surface area contributed by atoms with E-state index in [2.05, 4.69) is 25.8 Å². The number of piperazine rings is 1. The van der Waals surface area contributed by atoms with E-state index in [1.54, 1.807) is 13.3 Å². The van der Waals surface area contributed by atoms with E-state index in [0.717, 1.165) is 47.8 Å². The van der Waals surface area contributed by atoms with Gasteiger partial charge < -0.3 is 14.5 Å². The van der Waals surface area contributed by atoms with Crippen molar-refractivity contribution in [1.82, 2.24) is 14.8 Å². The lowest BCUT2D eigenvalue weighted by atomic mass is 10.2. The van der Waals surface area contributed by atoms with Crippen molar-refractivity contribution in [3.05, 3.63) is 52.6 Å². The number of methoxy groups -OCH3 is 1. The fourth-order valence-electron chi connectivity index (χ4n) is 3.27. The highest BCUT2D eigenvalue weighted by atomic mass is 79.9. The van der Waals surface area contributed by atoms with E-state index in [1.807, 2.05) is 53.2 Å². The molecule has 2 aromatic rings. The van der Waals surface area contributed by atoms with Gasteiger partial charge in [-0.1, -0.05) is 22.0 Å². The molecule has 2 heterocycles. The van der Waals surface area contributed by atoms with E-state index in [-0.39, 0.29) is 5.91 Å². The number of hydrogen-bond acceptors (Lipinski definition) is 5. The molecule has 7 heteroatoms. The summed E-state index contributed by atoms with van der Waals surface area (Å²) < 4.78 is 6.43. The Balaban J connectivity index is 1.51. The van der Waals surface area contributed by atoms with Crippen LogP contribution in [0.1, 0.15) is 5.56 Å². The van der Waals surface area contributed by atoms with Crippen LogP contribution < -0.4 is 9.64 Å². The predicted molar refractivity (Wildman–Crippen MR) is 110 cm³/mol. The van der Waals surface area contributed by atoms with E-state index in [4.69, 9.17) is 4.74 Å². The number of nitrogens with zero attached hydrogens (tertiary/aromatic N) is 4. The maximum Gasteiger partial charge on any atom is 0.236 e. The summed E-state index contributed by atoms with van der Waals surface area (Å²) in [6, 6.07) is 11.8. The molecule has 3 rings (SSSR count). The van der Waals surface area contributed by atoms with Gasteiger partial charge in [0.1, 0.15) is 11.6 Å². The van der Waals surface area contributed by atoms with Crippen LogP contribution in [0.3, 0.4) is 0 Å². The summed E-state index contributed by atoms with van der Waals surface area (Å²) in [5.41, 5.74) is 1.06. The van der Waals surface area contributed by atoms with E-state index in [0.29, 0.717) is 13.1 Å². The lowest BCUT2D eigenvalue weighted by Gasteiger charge is -2.36. The number of rotatable bonds is 6. The quantitative estimate of drug-likeness (QED) is 0.701. The number of ether oxygens (including phenoxy) is 1. The van der Waals surface area contributed by atoms with Gasteiger partial charge in [0.15, 0.2) is 0 Å². The van der Waals surface area contributed by atoms with Gasteiger partial charge in [-0.3, -0.25) is 9.69 Å². The molecule has 1 amide bonds. The minimum absolute atomic E-state index is 0.159. The highest BCUT2D eigenvalue weighted by Crippen LogP contribution is 2.24. The van der Waals surface area contributed by atoms with Crippen LogP contribution in [0.25, 0.3) is 0 Å². The Bertz CT molecular complexity index is 764. The zero-order valence-electron chi connectivity index (χ0n) is 15.8. The zero-order valence-corrected chi connectivity index (χ0v) is 17.4. The van der Waals surface area contributed by atoms with Crippen molar-refractivity contribution in [2.75, 3.05) is 51.8 Å². The summed E-state index contributed by atoms with van der Waals surface area (Å²) in [4.78, 5) is 23.2. The molecule has 144 valence electrons. The first-order valence-corrected chi connectivity index (χ1v) is 9.81. The van der Waals surface area contributed by atoms with Crippen LogP contribution in [0, 0.1) is 0 Å². The standard InChI is InChI=1S/C20H25BrN4O2/c1-23(14-16-13-17(21)6-7-18(16)27-2)15-20(26)25-11-9-24(10-12-25)19-5-3-4-8-22-19/h3-8,13H,9-12,14-15H2,1-2H3. The Labute approximate surface area is 168 Å². The van der Waals surface area contributed by atoms with E-state index in [1.165, 1.54) is 0 Å². The molecule has 1 aromatic carbocycles. The number of carbonyl (C=O) groups is 1. The first-order valence-electron chi connectivity index (χ1n) is 9.01. The maximum absolute atomic E-state index is 12.7. The van der Waals surface area contributed by atoms with Crippen LogP contribution in [0.5, 0.6) is 5.75 Å². The van der Waals surface area contributed by atoms with E-state index in [9.17, 15) is 4.79 Å². The summed E-state index contributed by atoms with van der Waals surface area (Å²) in [6.07, 6.45) is 1.80.